The van der Waals surface area contributed by atoms with Crippen molar-refractivity contribution in [3.63, 3.8) is 0 Å². The van der Waals surface area contributed by atoms with Gasteiger partial charge in [0.15, 0.2) is 0 Å². The van der Waals surface area contributed by atoms with Gasteiger partial charge in [-0.2, -0.15) is 0 Å². The molecule has 2 N–H and O–H groups in total. The van der Waals surface area contributed by atoms with Crippen LogP contribution in [0.4, 0.5) is 17.6 Å². The van der Waals surface area contributed by atoms with Crippen LogP contribution in [-0.2, 0) is 30.1 Å². The van der Waals surface area contributed by atoms with Crippen molar-refractivity contribution in [3.05, 3.63) is 129 Å². The van der Waals surface area contributed by atoms with Crippen molar-refractivity contribution in [1.29, 1.82) is 0 Å². The monoisotopic (exact) mass is 794 g/mol. The molecule has 17 heteroatoms. The highest BCUT2D eigenvalue weighted by Crippen LogP contribution is 2.43. The lowest BCUT2D eigenvalue weighted by molar-refractivity contribution is -0.0494. The predicted molar refractivity (Wildman–Crippen MR) is 188 cm³/mol. The van der Waals surface area contributed by atoms with E-state index in [2.05, 4.69) is 15.3 Å². The van der Waals surface area contributed by atoms with Crippen molar-refractivity contribution in [2.24, 2.45) is 0 Å². The number of halogens is 6. The Kier molecular flexibility index (Phi) is 13.3. The van der Waals surface area contributed by atoms with Gasteiger partial charge in [0.05, 0.1) is 22.2 Å². The molecule has 1 amide bonds. The largest absolute Gasteiger partial charge is 0.478 e. The van der Waals surface area contributed by atoms with Gasteiger partial charge >= 0.3 is 5.97 Å². The number of aromatic nitrogens is 2. The number of benzene rings is 2. The molecule has 0 radical (unpaired) electrons. The second kappa shape index (κ2) is 17.5. The van der Waals surface area contributed by atoms with Gasteiger partial charge in [0.25, 0.3) is 5.91 Å². The summed E-state index contributed by atoms with van der Waals surface area (Å²) < 4.78 is 76.3. The number of likely N-dealkylation sites (tertiary alicyclic amines) is 1. The summed E-state index contributed by atoms with van der Waals surface area (Å²) in [5, 5.41) is 11.3. The first-order valence-corrected chi connectivity index (χ1v) is 17.1. The van der Waals surface area contributed by atoms with Gasteiger partial charge in [0.1, 0.15) is 71.7 Å². The van der Waals surface area contributed by atoms with Crippen molar-refractivity contribution in [1.82, 2.24) is 20.2 Å². The molecule has 54 heavy (non-hydrogen) atoms. The van der Waals surface area contributed by atoms with Crippen LogP contribution in [0.2, 0.25) is 10.0 Å². The quantitative estimate of drug-likeness (QED) is 0.215. The van der Waals surface area contributed by atoms with Gasteiger partial charge in [-0.05, 0) is 73.6 Å². The fourth-order valence-electron chi connectivity index (χ4n) is 6.59. The van der Waals surface area contributed by atoms with E-state index in [1.165, 1.54) is 36.5 Å². The van der Waals surface area contributed by atoms with Crippen LogP contribution in [0.15, 0.2) is 73.1 Å². The highest BCUT2D eigenvalue weighted by atomic mass is 35.5. The molecule has 0 saturated carbocycles. The molecule has 2 aromatic heterocycles. The molecular formula is C37H36Cl2F4N4O7. The van der Waals surface area contributed by atoms with Gasteiger partial charge in [-0.25, -0.2) is 22.4 Å². The normalized spacial score (nSPS) is 24.1. The van der Waals surface area contributed by atoms with Crippen molar-refractivity contribution in [2.45, 2.75) is 43.7 Å². The fourth-order valence-corrected chi connectivity index (χ4v) is 6.95. The first-order chi connectivity index (χ1) is 25.4. The smallest absolute Gasteiger partial charge is 0.335 e. The summed E-state index contributed by atoms with van der Waals surface area (Å²) in [6.07, 6.45) is 3.43. The lowest BCUT2D eigenvalue weighted by atomic mass is 9.84. The van der Waals surface area contributed by atoms with Gasteiger partial charge in [-0.3, -0.25) is 14.8 Å². The Morgan fingerprint density at radius 2 is 1.31 bits per heavy atom. The maximum Gasteiger partial charge on any atom is 0.335 e. The molecule has 4 atom stereocenters. The minimum atomic E-state index is -1.12. The van der Waals surface area contributed by atoms with E-state index in [0.29, 0.717) is 31.6 Å². The second-order valence-electron chi connectivity index (χ2n) is 12.3. The number of carboxylic acid groups (broad SMARTS) is 1. The van der Waals surface area contributed by atoms with Crippen LogP contribution in [0.1, 0.15) is 52.4 Å². The predicted octanol–water partition coefficient (Wildman–Crippen LogP) is 6.72. The van der Waals surface area contributed by atoms with E-state index in [9.17, 15) is 27.2 Å². The molecule has 288 valence electrons. The van der Waals surface area contributed by atoms with Crippen LogP contribution in [0.25, 0.3) is 0 Å². The van der Waals surface area contributed by atoms with Crippen LogP contribution in [0.5, 0.6) is 0 Å². The number of pyridine rings is 2. The number of nitrogens with one attached hydrogen (secondary N) is 1. The molecular weight excluding hydrogens is 759 g/mol. The highest BCUT2D eigenvalue weighted by Gasteiger charge is 2.54. The molecule has 0 unspecified atom stereocenters. The maximum absolute atomic E-state index is 14.3. The first kappa shape index (κ1) is 41.0. The van der Waals surface area contributed by atoms with Crippen LogP contribution in [0, 0.1) is 23.3 Å². The van der Waals surface area contributed by atoms with E-state index in [1.807, 2.05) is 0 Å². The Bertz CT molecular complexity index is 1980. The number of ether oxygens (including phenoxy) is 4. The summed E-state index contributed by atoms with van der Waals surface area (Å²) in [4.78, 5) is 32.8. The van der Waals surface area contributed by atoms with Gasteiger partial charge in [0.2, 0.25) is 0 Å². The number of hydrogen-bond acceptors (Lipinski definition) is 9. The van der Waals surface area contributed by atoms with Gasteiger partial charge < -0.3 is 34.3 Å². The maximum atomic E-state index is 14.3. The number of carbonyl (C=O) groups is 2. The molecule has 4 aliphatic heterocycles. The van der Waals surface area contributed by atoms with Gasteiger partial charge in [-0.15, -0.1) is 0 Å². The molecule has 4 fully saturated rings. The number of aromatic carboxylic acids is 1. The molecule has 11 nitrogen and oxygen atoms in total. The minimum Gasteiger partial charge on any atom is -0.478 e. The lowest BCUT2D eigenvalue weighted by Crippen LogP contribution is -2.54. The SMILES string of the molecule is C.Fc1cccnc1[C@]12CCNC[C@H]1OCO2.O=C(O)c1ccc(F)c(Cl)c1.O=C(c1ccc(F)c(Cl)c1)N1CC[C@]2(c3ncccc3F)OCO[C@@H]2C1. The lowest BCUT2D eigenvalue weighted by Gasteiger charge is -2.41. The number of amides is 1. The number of fused-ring (bicyclic) bond motifs is 2. The zero-order chi connectivity index (χ0) is 37.8. The summed E-state index contributed by atoms with van der Waals surface area (Å²) >= 11 is 11.1. The Morgan fingerprint density at radius 3 is 1.87 bits per heavy atom. The zero-order valence-corrected chi connectivity index (χ0v) is 29.3. The molecule has 4 aliphatic rings. The molecule has 4 aromatic rings. The third-order valence-electron chi connectivity index (χ3n) is 9.29. The third-order valence-corrected chi connectivity index (χ3v) is 9.87. The Hall–Kier alpha value is -4.22. The van der Waals surface area contributed by atoms with Crippen LogP contribution < -0.4 is 5.32 Å². The van der Waals surface area contributed by atoms with E-state index < -0.39 is 40.7 Å². The second-order valence-corrected chi connectivity index (χ2v) is 13.1. The van der Waals surface area contributed by atoms with E-state index in [-0.39, 0.29) is 72.3 Å². The molecule has 8 rings (SSSR count). The Balaban J connectivity index is 0.000000171. The Labute approximate surface area is 318 Å². The van der Waals surface area contributed by atoms with Gasteiger partial charge in [0, 0.05) is 37.5 Å². The number of rotatable bonds is 4. The summed E-state index contributed by atoms with van der Waals surface area (Å²) in [6, 6.07) is 12.9. The minimum absolute atomic E-state index is 0. The summed E-state index contributed by atoms with van der Waals surface area (Å²) in [5.74, 6) is -3.40. The average molecular weight is 796 g/mol. The molecule has 0 aliphatic carbocycles. The van der Waals surface area contributed by atoms with Crippen molar-refractivity contribution >= 4 is 35.1 Å². The standard InChI is InChI=1S/C18H15ClF2N2O3.C11H13FN2O2.C7H4ClFO2.CH4/c19-12-8-11(3-4-13(12)20)17(24)23-7-5-18(15(9-23)25-10-26-18)16-14(21)2-1-6-22-16;12-8-2-1-4-14-10(8)11-3-5-13-6-9(11)15-7-16-11;8-5-3-4(7(10)11)1-2-6(5)9;/h1-4,6,8,15H,5,7,9-10H2;1-2,4,9,13H,3,5-7H2;1-3H,(H,10,11);1H4/t15-,18+;9-,11+;;/m11../s1. The molecule has 0 spiro atoms. The summed E-state index contributed by atoms with van der Waals surface area (Å²) in [7, 11) is 0. The highest BCUT2D eigenvalue weighted by molar-refractivity contribution is 6.31. The molecule has 4 saturated heterocycles. The van der Waals surface area contributed by atoms with Crippen LogP contribution in [-0.4, -0.2) is 83.8 Å². The molecule has 0 bridgehead atoms. The average Bonchev–Trinajstić information content (AvgIpc) is 3.80. The Morgan fingerprint density at radius 1 is 0.778 bits per heavy atom. The van der Waals surface area contributed by atoms with Crippen molar-refractivity contribution in [3.8, 4) is 0 Å². The molecule has 2 aromatic carbocycles. The third kappa shape index (κ3) is 8.37. The van der Waals surface area contributed by atoms with Crippen molar-refractivity contribution < 1.29 is 51.2 Å². The van der Waals surface area contributed by atoms with E-state index in [0.717, 1.165) is 30.8 Å². The fraction of sp³-hybridized carbons (Fsp3) is 0.351. The van der Waals surface area contributed by atoms with Crippen LogP contribution >= 0.6 is 23.2 Å². The van der Waals surface area contributed by atoms with Crippen LogP contribution in [0.3, 0.4) is 0 Å². The van der Waals surface area contributed by atoms with E-state index in [1.54, 1.807) is 17.2 Å². The van der Waals surface area contributed by atoms with E-state index in [4.69, 9.17) is 47.3 Å². The summed E-state index contributed by atoms with van der Waals surface area (Å²) in [6.45, 7) is 2.22. The van der Waals surface area contributed by atoms with Gasteiger partial charge in [-0.1, -0.05) is 30.6 Å². The van der Waals surface area contributed by atoms with Crippen molar-refractivity contribution in [2.75, 3.05) is 39.8 Å². The number of carboxylic acids is 1. The number of carbonyl (C=O) groups excluding carboxylic acids is 1. The number of hydrogen-bond donors (Lipinski definition) is 2. The molecule has 6 heterocycles. The zero-order valence-electron chi connectivity index (χ0n) is 27.7. The first-order valence-electron chi connectivity index (χ1n) is 16.3. The summed E-state index contributed by atoms with van der Waals surface area (Å²) in [5.41, 5.74) is -0.874. The topological polar surface area (TPSA) is 132 Å². The number of nitrogens with zero attached hydrogens (tertiary/aromatic N) is 3. The van der Waals surface area contributed by atoms with E-state index >= 15 is 0 Å². The number of piperidine rings is 2.